The van der Waals surface area contributed by atoms with Gasteiger partial charge in [-0.1, -0.05) is 22.9 Å². The molecule has 1 heterocycles. The first-order chi connectivity index (χ1) is 6.59. The maximum atomic E-state index is 10.6. The lowest BCUT2D eigenvalue weighted by Gasteiger charge is -1.93. The van der Waals surface area contributed by atoms with E-state index in [1.807, 2.05) is 0 Å². The Balaban J connectivity index is 2.82. The number of fused-ring (bicyclic) bond motifs is 1. The third-order valence-corrected chi connectivity index (χ3v) is 4.12. The zero-order valence-corrected chi connectivity index (χ0v) is 9.82. The Morgan fingerprint density at radius 1 is 1.50 bits per heavy atom. The van der Waals surface area contributed by atoms with Crippen molar-refractivity contribution in [1.29, 1.82) is 0 Å². The van der Waals surface area contributed by atoms with Crippen LogP contribution in [0.25, 0.3) is 10.1 Å². The molecule has 72 valence electrons. The summed E-state index contributed by atoms with van der Waals surface area (Å²) in [6.45, 7) is 0. The van der Waals surface area contributed by atoms with Crippen molar-refractivity contribution in [2.75, 3.05) is 0 Å². The summed E-state index contributed by atoms with van der Waals surface area (Å²) in [7, 11) is 0. The molecule has 0 N–H and O–H groups in total. The molecule has 1 aromatic carbocycles. The number of benzene rings is 1. The maximum absolute atomic E-state index is 10.6. The monoisotopic (exact) mass is 291 g/mol. The van der Waals surface area contributed by atoms with Crippen LogP contribution in [0, 0.1) is 10.1 Å². The summed E-state index contributed by atoms with van der Waals surface area (Å²) < 4.78 is 1.64. The molecular weight excluding hydrogens is 290 g/mol. The van der Waals surface area contributed by atoms with Crippen molar-refractivity contribution >= 4 is 54.0 Å². The van der Waals surface area contributed by atoms with E-state index >= 15 is 0 Å². The highest BCUT2D eigenvalue weighted by Gasteiger charge is 2.14. The van der Waals surface area contributed by atoms with Crippen molar-refractivity contribution in [3.63, 3.8) is 0 Å². The number of hydrogen-bond donors (Lipinski definition) is 0. The van der Waals surface area contributed by atoms with Crippen LogP contribution in [0.1, 0.15) is 0 Å². The van der Waals surface area contributed by atoms with Crippen LogP contribution in [0.2, 0.25) is 5.02 Å². The van der Waals surface area contributed by atoms with E-state index in [4.69, 9.17) is 11.6 Å². The van der Waals surface area contributed by atoms with Crippen molar-refractivity contribution in [2.24, 2.45) is 0 Å². The molecule has 0 spiro atoms. The van der Waals surface area contributed by atoms with Gasteiger partial charge in [0.25, 0.3) is 0 Å². The molecule has 0 atom stereocenters. The van der Waals surface area contributed by atoms with Gasteiger partial charge < -0.3 is 0 Å². The second-order valence-corrected chi connectivity index (χ2v) is 4.91. The topological polar surface area (TPSA) is 43.1 Å². The zero-order chi connectivity index (χ0) is 10.3. The van der Waals surface area contributed by atoms with E-state index in [0.717, 1.165) is 25.9 Å². The van der Waals surface area contributed by atoms with Crippen molar-refractivity contribution < 1.29 is 4.92 Å². The number of thiophene rings is 1. The molecule has 0 aliphatic rings. The van der Waals surface area contributed by atoms with Crippen molar-refractivity contribution in [2.45, 2.75) is 0 Å². The zero-order valence-electron chi connectivity index (χ0n) is 6.66. The first-order valence-corrected chi connectivity index (χ1v) is 5.60. The Labute approximate surface area is 96.6 Å². The lowest BCUT2D eigenvalue weighted by molar-refractivity contribution is -0.380. The van der Waals surface area contributed by atoms with Gasteiger partial charge in [0, 0.05) is 20.9 Å². The molecule has 2 aromatic rings. The van der Waals surface area contributed by atoms with Crippen LogP contribution in [-0.2, 0) is 0 Å². The van der Waals surface area contributed by atoms with Gasteiger partial charge in [-0.05, 0) is 28.1 Å². The summed E-state index contributed by atoms with van der Waals surface area (Å²) >= 11 is 10.3. The number of hydrogen-bond acceptors (Lipinski definition) is 3. The smallest absolute Gasteiger partial charge is 0.258 e. The Morgan fingerprint density at radius 3 is 2.79 bits per heavy atom. The normalized spacial score (nSPS) is 10.7. The Hall–Kier alpha value is -0.650. The Morgan fingerprint density at radius 2 is 2.21 bits per heavy atom. The molecule has 0 aliphatic heterocycles. The SMILES string of the molecule is O=[N+]([O-])c1cc2c(Cl)ccc(Br)c2s1. The molecule has 0 unspecified atom stereocenters. The summed E-state index contributed by atoms with van der Waals surface area (Å²) in [6.07, 6.45) is 0. The molecule has 0 aliphatic carbocycles. The van der Waals surface area contributed by atoms with Crippen LogP contribution in [0.5, 0.6) is 0 Å². The molecule has 0 amide bonds. The van der Waals surface area contributed by atoms with Gasteiger partial charge in [-0.2, -0.15) is 0 Å². The molecule has 0 saturated carbocycles. The lowest BCUT2D eigenvalue weighted by Crippen LogP contribution is -1.80. The van der Waals surface area contributed by atoms with Crippen LogP contribution < -0.4 is 0 Å². The maximum Gasteiger partial charge on any atom is 0.325 e. The van der Waals surface area contributed by atoms with E-state index in [0.29, 0.717) is 5.02 Å². The van der Waals surface area contributed by atoms with E-state index in [1.165, 1.54) is 6.07 Å². The van der Waals surface area contributed by atoms with Gasteiger partial charge in [0.15, 0.2) is 0 Å². The predicted molar refractivity (Wildman–Crippen MR) is 61.2 cm³/mol. The summed E-state index contributed by atoms with van der Waals surface area (Å²) in [5.74, 6) is 0. The van der Waals surface area contributed by atoms with Crippen LogP contribution >= 0.6 is 38.9 Å². The van der Waals surface area contributed by atoms with E-state index in [1.54, 1.807) is 12.1 Å². The van der Waals surface area contributed by atoms with E-state index in [-0.39, 0.29) is 5.00 Å². The van der Waals surface area contributed by atoms with Gasteiger partial charge in [-0.25, -0.2) is 0 Å². The van der Waals surface area contributed by atoms with Crippen LogP contribution in [0.4, 0.5) is 5.00 Å². The molecule has 0 saturated heterocycles. The van der Waals surface area contributed by atoms with Crippen LogP contribution in [-0.4, -0.2) is 4.92 Å². The van der Waals surface area contributed by atoms with Gasteiger partial charge in [0.2, 0.25) is 0 Å². The quantitative estimate of drug-likeness (QED) is 0.583. The lowest BCUT2D eigenvalue weighted by atomic mass is 10.3. The molecule has 1 aromatic heterocycles. The number of nitro groups is 1. The largest absolute Gasteiger partial charge is 0.325 e. The fraction of sp³-hybridized carbons (Fsp3) is 0. The summed E-state index contributed by atoms with van der Waals surface area (Å²) in [6, 6.07) is 4.99. The van der Waals surface area contributed by atoms with Gasteiger partial charge in [-0.3, -0.25) is 10.1 Å². The van der Waals surface area contributed by atoms with E-state index in [2.05, 4.69) is 15.9 Å². The van der Waals surface area contributed by atoms with Gasteiger partial charge in [0.1, 0.15) is 0 Å². The average Bonchev–Trinajstić information content (AvgIpc) is 2.57. The van der Waals surface area contributed by atoms with Crippen molar-refractivity contribution in [1.82, 2.24) is 0 Å². The fourth-order valence-electron chi connectivity index (χ4n) is 1.13. The Bertz CT molecular complexity index is 486. The Kier molecular flexibility index (Phi) is 2.47. The molecule has 6 heteroatoms. The second-order valence-electron chi connectivity index (χ2n) is 2.61. The minimum absolute atomic E-state index is 0.105. The summed E-state index contributed by atoms with van der Waals surface area (Å²) in [4.78, 5) is 10.1. The van der Waals surface area contributed by atoms with Crippen molar-refractivity contribution in [3.8, 4) is 0 Å². The molecule has 3 nitrogen and oxygen atoms in total. The second kappa shape index (κ2) is 3.49. The third-order valence-electron chi connectivity index (χ3n) is 1.75. The highest BCUT2D eigenvalue weighted by Crippen LogP contribution is 2.39. The molecule has 0 bridgehead atoms. The summed E-state index contributed by atoms with van der Waals surface area (Å²) in [5, 5.41) is 11.9. The molecule has 0 radical (unpaired) electrons. The highest BCUT2D eigenvalue weighted by molar-refractivity contribution is 9.10. The highest BCUT2D eigenvalue weighted by atomic mass is 79.9. The first kappa shape index (κ1) is 9.89. The standard InChI is InChI=1S/C8H3BrClNO2S/c9-5-1-2-6(10)4-3-7(11(12)13)14-8(4)5/h1-3H. The van der Waals surface area contributed by atoms with Gasteiger partial charge in [-0.15, -0.1) is 0 Å². The molecular formula is C8H3BrClNO2S. The molecule has 2 rings (SSSR count). The van der Waals surface area contributed by atoms with Gasteiger partial charge in [0.05, 0.1) is 9.62 Å². The van der Waals surface area contributed by atoms with E-state index in [9.17, 15) is 10.1 Å². The minimum atomic E-state index is -0.409. The van der Waals surface area contributed by atoms with Gasteiger partial charge >= 0.3 is 5.00 Å². The molecule has 0 fully saturated rings. The third kappa shape index (κ3) is 1.51. The van der Waals surface area contributed by atoms with Crippen molar-refractivity contribution in [3.05, 3.63) is 37.8 Å². The summed E-state index contributed by atoms with van der Waals surface area (Å²) in [5.41, 5.74) is 0. The molecule has 14 heavy (non-hydrogen) atoms. The minimum Gasteiger partial charge on any atom is -0.258 e. The first-order valence-electron chi connectivity index (χ1n) is 3.61. The van der Waals surface area contributed by atoms with Crippen LogP contribution in [0.15, 0.2) is 22.7 Å². The number of rotatable bonds is 1. The predicted octanol–water partition coefficient (Wildman–Crippen LogP) is 4.23. The number of nitrogens with zero attached hydrogens (tertiary/aromatic N) is 1. The average molecular weight is 293 g/mol. The van der Waals surface area contributed by atoms with Crippen LogP contribution in [0.3, 0.4) is 0 Å². The number of halogens is 2. The fourth-order valence-corrected chi connectivity index (χ4v) is 2.90. The van der Waals surface area contributed by atoms with E-state index < -0.39 is 4.92 Å².